The van der Waals surface area contributed by atoms with Gasteiger partial charge < -0.3 is 4.57 Å². The molecule has 2 heterocycles. The maximum Gasteiger partial charge on any atom is 0.434 e. The third-order valence-corrected chi connectivity index (χ3v) is 3.23. The molecule has 0 saturated heterocycles. The van der Waals surface area contributed by atoms with Gasteiger partial charge in [-0.05, 0) is 20.8 Å². The minimum atomic E-state index is -4.35. The van der Waals surface area contributed by atoms with E-state index in [4.69, 9.17) is 0 Å². The molecule has 1 aliphatic rings. The summed E-state index contributed by atoms with van der Waals surface area (Å²) in [5.41, 5.74) is -0.787. The molecule has 0 spiro atoms. The van der Waals surface area contributed by atoms with Gasteiger partial charge in [0.1, 0.15) is 5.82 Å². The number of hydrogen-bond donors (Lipinski definition) is 0. The van der Waals surface area contributed by atoms with Crippen LogP contribution in [0.4, 0.5) is 13.2 Å². The number of fused-ring (bicyclic) bond motifs is 1. The summed E-state index contributed by atoms with van der Waals surface area (Å²) >= 11 is 0. The summed E-state index contributed by atoms with van der Waals surface area (Å²) in [6.07, 6.45) is -3.24. The second-order valence-corrected chi connectivity index (χ2v) is 4.68. The van der Waals surface area contributed by atoms with E-state index >= 15 is 0 Å². The summed E-state index contributed by atoms with van der Waals surface area (Å²) in [5, 5.41) is 0. The SMILES string of the molecule is CC(C)N1CCn2cc(C(F)(F)F)nc2C1C. The number of rotatable bonds is 1. The van der Waals surface area contributed by atoms with Gasteiger partial charge in [-0.2, -0.15) is 13.2 Å². The van der Waals surface area contributed by atoms with Crippen molar-refractivity contribution in [3.63, 3.8) is 0 Å². The normalized spacial score (nSPS) is 21.9. The molecule has 6 heteroatoms. The first kappa shape index (κ1) is 12.4. The summed E-state index contributed by atoms with van der Waals surface area (Å²) in [4.78, 5) is 5.89. The Morgan fingerprint density at radius 1 is 1.35 bits per heavy atom. The maximum absolute atomic E-state index is 12.6. The van der Waals surface area contributed by atoms with Crippen molar-refractivity contribution >= 4 is 0 Å². The van der Waals surface area contributed by atoms with Gasteiger partial charge >= 0.3 is 6.18 Å². The highest BCUT2D eigenvalue weighted by molar-refractivity contribution is 5.12. The molecule has 1 aromatic heterocycles. The number of alkyl halides is 3. The molecule has 0 N–H and O–H groups in total. The van der Waals surface area contributed by atoms with Crippen LogP contribution in [0.1, 0.15) is 38.3 Å². The summed E-state index contributed by atoms with van der Waals surface area (Å²) in [6.45, 7) is 7.32. The van der Waals surface area contributed by atoms with Gasteiger partial charge in [0.15, 0.2) is 5.69 Å². The Hall–Kier alpha value is -1.04. The summed E-state index contributed by atoms with van der Waals surface area (Å²) < 4.78 is 39.3. The van der Waals surface area contributed by atoms with Crippen LogP contribution < -0.4 is 0 Å². The fraction of sp³-hybridized carbons (Fsp3) is 0.727. The van der Waals surface area contributed by atoms with Crippen LogP contribution in [0, 0.1) is 0 Å². The van der Waals surface area contributed by atoms with Gasteiger partial charge in [-0.25, -0.2) is 4.98 Å². The molecule has 0 amide bonds. The summed E-state index contributed by atoms with van der Waals surface area (Å²) in [5.74, 6) is 0.511. The molecular formula is C11H16F3N3. The van der Waals surface area contributed by atoms with Gasteiger partial charge in [0.25, 0.3) is 0 Å². The fourth-order valence-electron chi connectivity index (χ4n) is 2.35. The minimum absolute atomic E-state index is 0.0696. The topological polar surface area (TPSA) is 21.1 Å². The van der Waals surface area contributed by atoms with Crippen LogP contribution in [0.2, 0.25) is 0 Å². The summed E-state index contributed by atoms with van der Waals surface area (Å²) in [6, 6.07) is 0.240. The molecule has 0 saturated carbocycles. The van der Waals surface area contributed by atoms with E-state index in [0.29, 0.717) is 18.4 Å². The smallest absolute Gasteiger partial charge is 0.332 e. The number of nitrogens with zero attached hydrogens (tertiary/aromatic N) is 3. The highest BCUT2D eigenvalue weighted by Gasteiger charge is 2.37. The van der Waals surface area contributed by atoms with Crippen LogP contribution in [-0.4, -0.2) is 27.0 Å². The van der Waals surface area contributed by atoms with Crippen LogP contribution in [0.3, 0.4) is 0 Å². The molecule has 1 aliphatic heterocycles. The first-order valence-corrected chi connectivity index (χ1v) is 5.70. The minimum Gasteiger partial charge on any atom is -0.332 e. The van der Waals surface area contributed by atoms with Crippen molar-refractivity contribution in [3.8, 4) is 0 Å². The largest absolute Gasteiger partial charge is 0.434 e. The highest BCUT2D eigenvalue weighted by atomic mass is 19.4. The monoisotopic (exact) mass is 247 g/mol. The lowest BCUT2D eigenvalue weighted by molar-refractivity contribution is -0.141. The highest BCUT2D eigenvalue weighted by Crippen LogP contribution is 2.32. The molecule has 1 aromatic rings. The molecule has 3 nitrogen and oxygen atoms in total. The van der Waals surface area contributed by atoms with Gasteiger partial charge in [-0.3, -0.25) is 4.90 Å². The Balaban J connectivity index is 2.34. The van der Waals surface area contributed by atoms with E-state index in [0.717, 1.165) is 12.7 Å². The van der Waals surface area contributed by atoms with Crippen LogP contribution in [0.5, 0.6) is 0 Å². The second-order valence-electron chi connectivity index (χ2n) is 4.68. The number of imidazole rings is 1. The van der Waals surface area contributed by atoms with Gasteiger partial charge in [0.05, 0.1) is 6.04 Å². The molecule has 0 bridgehead atoms. The van der Waals surface area contributed by atoms with E-state index < -0.39 is 11.9 Å². The lowest BCUT2D eigenvalue weighted by Gasteiger charge is -2.36. The Labute approximate surface area is 98.2 Å². The predicted octanol–water partition coefficient (Wildman–Crippen LogP) is 2.69. The first-order chi connectivity index (χ1) is 7.80. The number of aromatic nitrogens is 2. The molecule has 0 radical (unpaired) electrons. The van der Waals surface area contributed by atoms with Gasteiger partial charge in [0, 0.05) is 25.3 Å². The van der Waals surface area contributed by atoms with E-state index in [-0.39, 0.29) is 6.04 Å². The summed E-state index contributed by atoms with van der Waals surface area (Å²) in [7, 11) is 0. The van der Waals surface area contributed by atoms with E-state index in [9.17, 15) is 13.2 Å². The van der Waals surface area contributed by atoms with Gasteiger partial charge in [-0.1, -0.05) is 0 Å². The number of halogens is 3. The molecule has 2 rings (SSSR count). The zero-order chi connectivity index (χ0) is 12.8. The van der Waals surface area contributed by atoms with Gasteiger partial charge in [0.2, 0.25) is 0 Å². The number of hydrogen-bond acceptors (Lipinski definition) is 2. The van der Waals surface area contributed by atoms with E-state index in [2.05, 4.69) is 9.88 Å². The van der Waals surface area contributed by atoms with Crippen molar-refractivity contribution in [2.75, 3.05) is 6.54 Å². The lowest BCUT2D eigenvalue weighted by Crippen LogP contribution is -2.41. The molecule has 0 aliphatic carbocycles. The fourth-order valence-corrected chi connectivity index (χ4v) is 2.35. The average Bonchev–Trinajstić information content (AvgIpc) is 2.61. The zero-order valence-electron chi connectivity index (χ0n) is 10.1. The molecule has 0 aromatic carbocycles. The van der Waals surface area contributed by atoms with Crippen molar-refractivity contribution in [1.82, 2.24) is 14.5 Å². The third-order valence-electron chi connectivity index (χ3n) is 3.23. The van der Waals surface area contributed by atoms with Crippen molar-refractivity contribution in [2.45, 2.75) is 45.6 Å². The van der Waals surface area contributed by atoms with Crippen LogP contribution in [0.15, 0.2) is 6.20 Å². The van der Waals surface area contributed by atoms with Crippen molar-refractivity contribution in [3.05, 3.63) is 17.7 Å². The predicted molar refractivity (Wildman–Crippen MR) is 57.5 cm³/mol. The average molecular weight is 247 g/mol. The molecule has 0 fully saturated rings. The molecule has 17 heavy (non-hydrogen) atoms. The second kappa shape index (κ2) is 4.01. The molecule has 96 valence electrons. The molecule has 1 atom stereocenters. The lowest BCUT2D eigenvalue weighted by atomic mass is 10.1. The Kier molecular flexibility index (Phi) is 2.93. The van der Waals surface area contributed by atoms with Crippen LogP contribution in [-0.2, 0) is 12.7 Å². The quantitative estimate of drug-likeness (QED) is 0.760. The molecular weight excluding hydrogens is 231 g/mol. The maximum atomic E-state index is 12.6. The Morgan fingerprint density at radius 2 is 2.00 bits per heavy atom. The Morgan fingerprint density at radius 3 is 2.53 bits per heavy atom. The van der Waals surface area contributed by atoms with E-state index in [1.54, 1.807) is 4.57 Å². The van der Waals surface area contributed by atoms with Crippen LogP contribution >= 0.6 is 0 Å². The first-order valence-electron chi connectivity index (χ1n) is 5.70. The van der Waals surface area contributed by atoms with Crippen molar-refractivity contribution in [2.24, 2.45) is 0 Å². The Bertz CT molecular complexity index is 409. The van der Waals surface area contributed by atoms with E-state index in [1.165, 1.54) is 0 Å². The molecule has 1 unspecified atom stereocenters. The standard InChI is InChI=1S/C11H16F3N3/c1-7(2)17-5-4-16-6-9(11(12,13)14)15-10(16)8(17)3/h6-8H,4-5H2,1-3H3. The van der Waals surface area contributed by atoms with E-state index in [1.807, 2.05) is 20.8 Å². The third kappa shape index (κ3) is 2.18. The van der Waals surface area contributed by atoms with Crippen molar-refractivity contribution in [1.29, 1.82) is 0 Å². The zero-order valence-corrected chi connectivity index (χ0v) is 10.1. The van der Waals surface area contributed by atoms with Crippen molar-refractivity contribution < 1.29 is 13.2 Å². The van der Waals surface area contributed by atoms with Gasteiger partial charge in [-0.15, -0.1) is 0 Å². The van der Waals surface area contributed by atoms with Crippen LogP contribution in [0.25, 0.3) is 0 Å².